The number of carboxylic acids is 1. The molecule has 0 radical (unpaired) electrons. The van der Waals surface area contributed by atoms with Crippen molar-refractivity contribution in [2.24, 2.45) is 0 Å². The summed E-state index contributed by atoms with van der Waals surface area (Å²) >= 11 is 2.99. The van der Waals surface area contributed by atoms with E-state index in [9.17, 15) is 4.79 Å². The Bertz CT molecular complexity index is 314. The van der Waals surface area contributed by atoms with Gasteiger partial charge in [-0.05, 0) is 27.6 Å². The molecule has 0 aromatic carbocycles. The first-order valence-electron chi connectivity index (χ1n) is 3.15. The highest BCUT2D eigenvalue weighted by atomic mass is 79.9. The molecule has 1 aromatic heterocycles. The molecular formula is C7H6BrNO3. The average molecular weight is 232 g/mol. The number of carboxylic acid groups (broad SMARTS) is 1. The minimum Gasteiger partial charge on any atom is -0.505 e. The van der Waals surface area contributed by atoms with Gasteiger partial charge in [0.25, 0.3) is 0 Å². The van der Waals surface area contributed by atoms with Crippen LogP contribution in [-0.2, 0) is 11.2 Å². The van der Waals surface area contributed by atoms with E-state index in [1.54, 1.807) is 0 Å². The Hall–Kier alpha value is -1.10. The molecule has 64 valence electrons. The zero-order valence-electron chi connectivity index (χ0n) is 5.99. The van der Waals surface area contributed by atoms with Gasteiger partial charge in [-0.25, -0.2) is 4.98 Å². The molecule has 1 rings (SSSR count). The second-order valence-electron chi connectivity index (χ2n) is 2.22. The van der Waals surface area contributed by atoms with Crippen molar-refractivity contribution in [2.45, 2.75) is 6.42 Å². The molecule has 0 saturated heterocycles. The molecule has 0 aliphatic carbocycles. The van der Waals surface area contributed by atoms with Crippen molar-refractivity contribution >= 4 is 21.9 Å². The van der Waals surface area contributed by atoms with Crippen molar-refractivity contribution in [3.8, 4) is 5.75 Å². The van der Waals surface area contributed by atoms with Crippen molar-refractivity contribution in [2.75, 3.05) is 0 Å². The van der Waals surface area contributed by atoms with E-state index in [0.717, 1.165) is 0 Å². The van der Waals surface area contributed by atoms with E-state index < -0.39 is 5.97 Å². The molecule has 0 saturated carbocycles. The number of pyridine rings is 1. The van der Waals surface area contributed by atoms with E-state index in [0.29, 0.717) is 10.2 Å². The van der Waals surface area contributed by atoms with Gasteiger partial charge in [0.2, 0.25) is 0 Å². The predicted octanol–water partition coefficient (Wildman–Crippen LogP) is 1.18. The van der Waals surface area contributed by atoms with Gasteiger partial charge in [-0.15, -0.1) is 0 Å². The summed E-state index contributed by atoms with van der Waals surface area (Å²) in [6.45, 7) is 0. The Morgan fingerprint density at radius 2 is 2.33 bits per heavy atom. The number of hydrogen-bond donors (Lipinski definition) is 2. The van der Waals surface area contributed by atoms with Crippen LogP contribution < -0.4 is 0 Å². The van der Waals surface area contributed by atoms with Crippen LogP contribution in [0.15, 0.2) is 16.9 Å². The summed E-state index contributed by atoms with van der Waals surface area (Å²) in [5.74, 6) is -0.993. The molecule has 0 unspecified atom stereocenters. The van der Waals surface area contributed by atoms with Crippen LogP contribution in [0.2, 0.25) is 0 Å². The highest BCUT2D eigenvalue weighted by Gasteiger charge is 2.04. The number of hydrogen-bond acceptors (Lipinski definition) is 3. The molecule has 2 N–H and O–H groups in total. The number of aromatic hydroxyl groups is 1. The molecule has 4 nitrogen and oxygen atoms in total. The Balaban J connectivity index is 2.89. The minimum atomic E-state index is -0.946. The standard InChI is InChI=1S/C7H6BrNO3/c8-7-5(10)1-4(3-9-7)2-6(11)12/h1,3,10H,2H2,(H,11,12). The number of carbonyl (C=O) groups is 1. The van der Waals surface area contributed by atoms with Crippen LogP contribution in [0.1, 0.15) is 5.56 Å². The summed E-state index contributed by atoms with van der Waals surface area (Å²) in [7, 11) is 0. The summed E-state index contributed by atoms with van der Waals surface area (Å²) < 4.78 is 0.316. The van der Waals surface area contributed by atoms with Gasteiger partial charge < -0.3 is 10.2 Å². The molecular weight excluding hydrogens is 226 g/mol. The molecule has 0 bridgehead atoms. The number of halogens is 1. The fourth-order valence-corrected chi connectivity index (χ4v) is 0.966. The van der Waals surface area contributed by atoms with Crippen LogP contribution in [0.3, 0.4) is 0 Å². The first-order chi connectivity index (χ1) is 5.59. The SMILES string of the molecule is O=C(O)Cc1cnc(Br)c(O)c1. The first kappa shape index (κ1) is 8.99. The van der Waals surface area contributed by atoms with Crippen molar-refractivity contribution in [3.05, 3.63) is 22.4 Å². The zero-order valence-corrected chi connectivity index (χ0v) is 7.58. The summed E-state index contributed by atoms with van der Waals surface area (Å²) in [6, 6.07) is 1.37. The van der Waals surface area contributed by atoms with Crippen LogP contribution in [0.25, 0.3) is 0 Å². The third-order valence-corrected chi connectivity index (χ3v) is 1.84. The topological polar surface area (TPSA) is 70.4 Å². The van der Waals surface area contributed by atoms with Crippen molar-refractivity contribution in [1.29, 1.82) is 0 Å². The molecule has 0 aliphatic rings. The minimum absolute atomic E-state index is 0.0475. The Labute approximate surface area is 77.0 Å². The molecule has 0 aliphatic heterocycles. The number of rotatable bonds is 2. The molecule has 5 heteroatoms. The molecule has 1 aromatic rings. The van der Waals surface area contributed by atoms with Gasteiger partial charge in [0.15, 0.2) is 0 Å². The van der Waals surface area contributed by atoms with Crippen LogP contribution in [0.4, 0.5) is 0 Å². The monoisotopic (exact) mass is 231 g/mol. The maximum atomic E-state index is 10.2. The highest BCUT2D eigenvalue weighted by Crippen LogP contribution is 2.21. The van der Waals surface area contributed by atoms with Gasteiger partial charge in [-0.2, -0.15) is 0 Å². The number of nitrogens with zero attached hydrogens (tertiary/aromatic N) is 1. The normalized spacial score (nSPS) is 9.75. The van der Waals surface area contributed by atoms with E-state index in [-0.39, 0.29) is 12.2 Å². The third-order valence-electron chi connectivity index (χ3n) is 1.23. The lowest BCUT2D eigenvalue weighted by molar-refractivity contribution is -0.136. The predicted molar refractivity (Wildman–Crippen MR) is 44.9 cm³/mol. The molecule has 12 heavy (non-hydrogen) atoms. The van der Waals surface area contributed by atoms with Gasteiger partial charge in [-0.1, -0.05) is 0 Å². The fraction of sp³-hybridized carbons (Fsp3) is 0.143. The zero-order chi connectivity index (χ0) is 9.14. The van der Waals surface area contributed by atoms with E-state index in [1.165, 1.54) is 12.3 Å². The Morgan fingerprint density at radius 3 is 2.83 bits per heavy atom. The van der Waals surface area contributed by atoms with Crippen LogP contribution in [0.5, 0.6) is 5.75 Å². The van der Waals surface area contributed by atoms with Crippen molar-refractivity contribution in [1.82, 2.24) is 4.98 Å². The Kier molecular flexibility index (Phi) is 2.65. The lowest BCUT2D eigenvalue weighted by atomic mass is 10.2. The summed E-state index contributed by atoms with van der Waals surface area (Å²) in [4.78, 5) is 14.0. The van der Waals surface area contributed by atoms with Crippen LogP contribution in [-0.4, -0.2) is 21.2 Å². The molecule has 0 amide bonds. The van der Waals surface area contributed by atoms with Gasteiger partial charge in [0, 0.05) is 6.20 Å². The fourth-order valence-electron chi connectivity index (χ4n) is 0.749. The first-order valence-corrected chi connectivity index (χ1v) is 3.94. The summed E-state index contributed by atoms with van der Waals surface area (Å²) in [6.07, 6.45) is 1.27. The van der Waals surface area contributed by atoms with Crippen molar-refractivity contribution in [3.63, 3.8) is 0 Å². The molecule has 0 fully saturated rings. The van der Waals surface area contributed by atoms with Crippen LogP contribution >= 0.6 is 15.9 Å². The maximum Gasteiger partial charge on any atom is 0.307 e. The summed E-state index contributed by atoms with van der Waals surface area (Å²) in [5, 5.41) is 17.5. The molecule has 0 atom stereocenters. The number of aromatic nitrogens is 1. The lowest BCUT2D eigenvalue weighted by Gasteiger charge is -1.98. The quantitative estimate of drug-likeness (QED) is 0.751. The van der Waals surface area contributed by atoms with Gasteiger partial charge in [0.05, 0.1) is 6.42 Å². The van der Waals surface area contributed by atoms with Gasteiger partial charge in [-0.3, -0.25) is 4.79 Å². The number of aliphatic carboxylic acids is 1. The van der Waals surface area contributed by atoms with Gasteiger partial charge in [0.1, 0.15) is 10.4 Å². The second-order valence-corrected chi connectivity index (χ2v) is 2.98. The lowest BCUT2D eigenvalue weighted by Crippen LogP contribution is -2.00. The summed E-state index contributed by atoms with van der Waals surface area (Å²) in [5.41, 5.74) is 0.475. The highest BCUT2D eigenvalue weighted by molar-refractivity contribution is 9.10. The van der Waals surface area contributed by atoms with Crippen LogP contribution in [0, 0.1) is 0 Å². The second kappa shape index (κ2) is 3.53. The van der Waals surface area contributed by atoms with E-state index in [1.807, 2.05) is 0 Å². The van der Waals surface area contributed by atoms with E-state index in [2.05, 4.69) is 20.9 Å². The van der Waals surface area contributed by atoms with Crippen molar-refractivity contribution < 1.29 is 15.0 Å². The Morgan fingerprint density at radius 1 is 1.67 bits per heavy atom. The molecule has 0 spiro atoms. The van der Waals surface area contributed by atoms with E-state index in [4.69, 9.17) is 10.2 Å². The largest absolute Gasteiger partial charge is 0.505 e. The average Bonchev–Trinajstić information content (AvgIpc) is 1.96. The van der Waals surface area contributed by atoms with E-state index >= 15 is 0 Å². The maximum absolute atomic E-state index is 10.2. The van der Waals surface area contributed by atoms with Gasteiger partial charge >= 0.3 is 5.97 Å². The molecule has 1 heterocycles. The smallest absolute Gasteiger partial charge is 0.307 e. The third kappa shape index (κ3) is 2.20.